The smallest absolute Gasteiger partial charge is 0.0931 e. The Hall–Kier alpha value is -1.03. The molecule has 108 valence electrons. The van der Waals surface area contributed by atoms with E-state index < -0.39 is 0 Å². The fourth-order valence-electron chi connectivity index (χ4n) is 2.21. The summed E-state index contributed by atoms with van der Waals surface area (Å²) in [5, 5.41) is 3.46. The Bertz CT molecular complexity index is 545. The van der Waals surface area contributed by atoms with Crippen molar-refractivity contribution < 1.29 is 0 Å². The third-order valence-electron chi connectivity index (χ3n) is 3.20. The van der Waals surface area contributed by atoms with Crippen LogP contribution in [0.4, 0.5) is 5.69 Å². The lowest BCUT2D eigenvalue weighted by Crippen LogP contribution is -2.28. The lowest BCUT2D eigenvalue weighted by atomic mass is 10.1. The van der Waals surface area contributed by atoms with Crippen LogP contribution in [0.5, 0.6) is 0 Å². The number of halogens is 1. The van der Waals surface area contributed by atoms with Crippen LogP contribution < -0.4 is 10.2 Å². The molecule has 0 aliphatic carbocycles. The van der Waals surface area contributed by atoms with E-state index in [4.69, 9.17) is 11.6 Å². The number of likely N-dealkylation sites (N-methyl/N-ethyl adjacent to an activating group) is 1. The van der Waals surface area contributed by atoms with Crippen molar-refractivity contribution in [2.75, 3.05) is 25.0 Å². The molecule has 0 saturated heterocycles. The number of anilines is 1. The second-order valence-electron chi connectivity index (χ2n) is 5.15. The van der Waals surface area contributed by atoms with Crippen LogP contribution in [0.3, 0.4) is 0 Å². The normalized spacial score (nSPS) is 10.8. The first kappa shape index (κ1) is 15.4. The number of hydrogen-bond donors (Lipinski definition) is 1. The SMILES string of the molecule is Cc1cc(C)cc(N(C)CCNCc2ccc(Cl)s2)c1. The van der Waals surface area contributed by atoms with Gasteiger partial charge in [0.2, 0.25) is 0 Å². The van der Waals surface area contributed by atoms with E-state index in [9.17, 15) is 0 Å². The van der Waals surface area contributed by atoms with Gasteiger partial charge in [0.1, 0.15) is 0 Å². The zero-order valence-electron chi connectivity index (χ0n) is 12.2. The lowest BCUT2D eigenvalue weighted by Gasteiger charge is -2.20. The zero-order valence-corrected chi connectivity index (χ0v) is 13.8. The molecule has 0 unspecified atom stereocenters. The summed E-state index contributed by atoms with van der Waals surface area (Å²) in [5.41, 5.74) is 3.91. The minimum atomic E-state index is 0.856. The summed E-state index contributed by atoms with van der Waals surface area (Å²) in [6.07, 6.45) is 0. The van der Waals surface area contributed by atoms with E-state index in [0.717, 1.165) is 24.0 Å². The molecule has 0 atom stereocenters. The van der Waals surface area contributed by atoms with Gasteiger partial charge >= 0.3 is 0 Å². The molecule has 1 N–H and O–H groups in total. The molecule has 4 heteroatoms. The lowest BCUT2D eigenvalue weighted by molar-refractivity contribution is 0.685. The average molecular weight is 309 g/mol. The van der Waals surface area contributed by atoms with Crippen molar-refractivity contribution in [3.05, 3.63) is 50.7 Å². The third-order valence-corrected chi connectivity index (χ3v) is 4.43. The van der Waals surface area contributed by atoms with Crippen molar-refractivity contribution in [1.82, 2.24) is 5.32 Å². The summed E-state index contributed by atoms with van der Waals surface area (Å²) in [7, 11) is 2.14. The maximum Gasteiger partial charge on any atom is 0.0931 e. The first-order valence-electron chi connectivity index (χ1n) is 6.79. The van der Waals surface area contributed by atoms with Crippen LogP contribution in [0.15, 0.2) is 30.3 Å². The van der Waals surface area contributed by atoms with Gasteiger partial charge in [0.05, 0.1) is 4.34 Å². The molecule has 2 nitrogen and oxygen atoms in total. The second-order valence-corrected chi connectivity index (χ2v) is 6.95. The minimum absolute atomic E-state index is 0.856. The predicted molar refractivity (Wildman–Crippen MR) is 90.2 cm³/mol. The molecular formula is C16H21ClN2S. The number of nitrogens with one attached hydrogen (secondary N) is 1. The van der Waals surface area contributed by atoms with E-state index in [1.54, 1.807) is 11.3 Å². The van der Waals surface area contributed by atoms with Gasteiger partial charge in [0.25, 0.3) is 0 Å². The van der Waals surface area contributed by atoms with E-state index in [-0.39, 0.29) is 0 Å². The Kier molecular flexibility index (Phi) is 5.46. The Labute approximate surface area is 130 Å². The third kappa shape index (κ3) is 4.51. The molecule has 2 rings (SSSR count). The summed E-state index contributed by atoms with van der Waals surface area (Å²) in [4.78, 5) is 3.57. The van der Waals surface area contributed by atoms with E-state index in [0.29, 0.717) is 0 Å². The molecule has 0 aliphatic heterocycles. The number of thiophene rings is 1. The molecule has 1 aromatic heterocycles. The summed E-state index contributed by atoms with van der Waals surface area (Å²) in [6.45, 7) is 7.12. The number of aryl methyl sites for hydroxylation is 2. The van der Waals surface area contributed by atoms with Gasteiger partial charge in [0, 0.05) is 37.2 Å². The predicted octanol–water partition coefficient (Wildman–Crippen LogP) is 4.24. The molecule has 0 amide bonds. The molecule has 0 saturated carbocycles. The van der Waals surface area contributed by atoms with Gasteiger partial charge in [-0.25, -0.2) is 0 Å². The molecule has 0 radical (unpaired) electrons. The van der Waals surface area contributed by atoms with Crippen molar-refractivity contribution in [2.45, 2.75) is 20.4 Å². The summed E-state index contributed by atoms with van der Waals surface area (Å²) in [5.74, 6) is 0. The van der Waals surface area contributed by atoms with Crippen LogP contribution in [0.1, 0.15) is 16.0 Å². The van der Waals surface area contributed by atoms with Gasteiger partial charge < -0.3 is 10.2 Å². The van der Waals surface area contributed by atoms with Gasteiger partial charge in [-0.05, 0) is 49.2 Å². The Balaban J connectivity index is 1.78. The fraction of sp³-hybridized carbons (Fsp3) is 0.375. The average Bonchev–Trinajstić information content (AvgIpc) is 2.79. The van der Waals surface area contributed by atoms with Gasteiger partial charge in [-0.3, -0.25) is 0 Å². The fourth-order valence-corrected chi connectivity index (χ4v) is 3.26. The van der Waals surface area contributed by atoms with Crippen molar-refractivity contribution in [2.24, 2.45) is 0 Å². The van der Waals surface area contributed by atoms with Crippen LogP contribution in [-0.4, -0.2) is 20.1 Å². The standard InChI is InChI=1S/C16H21ClN2S/c1-12-8-13(2)10-14(9-12)19(3)7-6-18-11-15-4-5-16(17)20-15/h4-5,8-10,18H,6-7,11H2,1-3H3. The van der Waals surface area contributed by atoms with Gasteiger partial charge in [-0.1, -0.05) is 17.7 Å². The molecule has 0 bridgehead atoms. The largest absolute Gasteiger partial charge is 0.373 e. The van der Waals surface area contributed by atoms with Crippen molar-refractivity contribution in [3.63, 3.8) is 0 Å². The van der Waals surface area contributed by atoms with Crippen molar-refractivity contribution in [3.8, 4) is 0 Å². The molecule has 0 fully saturated rings. The number of rotatable bonds is 6. The van der Waals surface area contributed by atoms with Crippen LogP contribution >= 0.6 is 22.9 Å². The number of nitrogens with zero attached hydrogens (tertiary/aromatic N) is 1. The Morgan fingerprint density at radius 3 is 2.45 bits per heavy atom. The molecule has 1 heterocycles. The summed E-state index contributed by atoms with van der Waals surface area (Å²) >= 11 is 7.55. The van der Waals surface area contributed by atoms with Crippen LogP contribution in [0.2, 0.25) is 4.34 Å². The van der Waals surface area contributed by atoms with E-state index >= 15 is 0 Å². The molecular weight excluding hydrogens is 288 g/mol. The van der Waals surface area contributed by atoms with Crippen LogP contribution in [0, 0.1) is 13.8 Å². The molecule has 2 aromatic rings. The van der Waals surface area contributed by atoms with E-state index in [2.05, 4.69) is 55.4 Å². The highest BCUT2D eigenvalue weighted by molar-refractivity contribution is 7.16. The highest BCUT2D eigenvalue weighted by Crippen LogP contribution is 2.21. The highest BCUT2D eigenvalue weighted by atomic mass is 35.5. The summed E-state index contributed by atoms with van der Waals surface area (Å²) < 4.78 is 0.856. The van der Waals surface area contributed by atoms with Gasteiger partial charge in [-0.15, -0.1) is 11.3 Å². The Morgan fingerprint density at radius 1 is 1.15 bits per heavy atom. The maximum atomic E-state index is 5.92. The topological polar surface area (TPSA) is 15.3 Å². The molecule has 0 aliphatic rings. The first-order valence-corrected chi connectivity index (χ1v) is 7.98. The number of hydrogen-bond acceptors (Lipinski definition) is 3. The minimum Gasteiger partial charge on any atom is -0.373 e. The molecule has 1 aromatic carbocycles. The van der Waals surface area contributed by atoms with Crippen molar-refractivity contribution >= 4 is 28.6 Å². The second kappa shape index (κ2) is 7.11. The van der Waals surface area contributed by atoms with Gasteiger partial charge in [0.15, 0.2) is 0 Å². The molecule has 20 heavy (non-hydrogen) atoms. The number of benzene rings is 1. The molecule has 0 spiro atoms. The monoisotopic (exact) mass is 308 g/mol. The zero-order chi connectivity index (χ0) is 14.5. The van der Waals surface area contributed by atoms with E-state index in [1.165, 1.54) is 21.7 Å². The quantitative estimate of drug-likeness (QED) is 0.803. The van der Waals surface area contributed by atoms with Crippen LogP contribution in [-0.2, 0) is 6.54 Å². The first-order chi connectivity index (χ1) is 9.54. The van der Waals surface area contributed by atoms with Crippen LogP contribution in [0.25, 0.3) is 0 Å². The van der Waals surface area contributed by atoms with Gasteiger partial charge in [-0.2, -0.15) is 0 Å². The maximum absolute atomic E-state index is 5.92. The summed E-state index contributed by atoms with van der Waals surface area (Å²) in [6, 6.07) is 10.7. The van der Waals surface area contributed by atoms with Crippen molar-refractivity contribution in [1.29, 1.82) is 0 Å². The highest BCUT2D eigenvalue weighted by Gasteiger charge is 2.02. The van der Waals surface area contributed by atoms with E-state index in [1.807, 2.05) is 6.07 Å². The Morgan fingerprint density at radius 2 is 1.85 bits per heavy atom.